The van der Waals surface area contributed by atoms with Crippen LogP contribution in [0.3, 0.4) is 0 Å². The Morgan fingerprint density at radius 2 is 2.23 bits per heavy atom. The minimum atomic E-state index is -0.0417. The van der Waals surface area contributed by atoms with E-state index in [2.05, 4.69) is 10.3 Å². The van der Waals surface area contributed by atoms with Gasteiger partial charge >= 0.3 is 0 Å². The van der Waals surface area contributed by atoms with Gasteiger partial charge in [0, 0.05) is 31.3 Å². The number of aromatic nitrogens is 1. The summed E-state index contributed by atoms with van der Waals surface area (Å²) in [6, 6.07) is 11.7. The first-order valence-corrected chi connectivity index (χ1v) is 9.23. The number of phenols is 1. The Hall–Kier alpha value is -2.64. The third-order valence-corrected chi connectivity index (χ3v) is 5.47. The summed E-state index contributed by atoms with van der Waals surface area (Å²) in [5.74, 6) is 0.563. The van der Waals surface area contributed by atoms with Crippen molar-refractivity contribution in [3.05, 3.63) is 42.0 Å². The van der Waals surface area contributed by atoms with E-state index in [1.807, 2.05) is 35.2 Å². The molecule has 3 aromatic rings. The highest BCUT2D eigenvalue weighted by Crippen LogP contribution is 2.39. The molecule has 0 radical (unpaired) electrons. The average Bonchev–Trinajstić information content (AvgIpc) is 2.97. The van der Waals surface area contributed by atoms with Gasteiger partial charge < -0.3 is 15.2 Å². The van der Waals surface area contributed by atoms with Crippen LogP contribution < -0.4 is 10.1 Å². The zero-order valence-electron chi connectivity index (χ0n) is 14.4. The topological polar surface area (TPSA) is 74.7 Å². The van der Waals surface area contributed by atoms with E-state index in [0.717, 1.165) is 26.4 Å². The predicted molar refractivity (Wildman–Crippen MR) is 102 cm³/mol. The number of hydrogen-bond acceptors (Lipinski definition) is 6. The summed E-state index contributed by atoms with van der Waals surface area (Å²) in [5.41, 5.74) is 2.66. The van der Waals surface area contributed by atoms with Gasteiger partial charge in [-0.1, -0.05) is 12.1 Å². The molecule has 6 nitrogen and oxygen atoms in total. The molecule has 0 atom stereocenters. The van der Waals surface area contributed by atoms with E-state index >= 15 is 0 Å². The van der Waals surface area contributed by atoms with Gasteiger partial charge in [-0.05, 0) is 24.3 Å². The fraction of sp³-hybridized carbons (Fsp3) is 0.263. The number of nitrogens with one attached hydrogen (secondary N) is 1. The van der Waals surface area contributed by atoms with E-state index in [9.17, 15) is 9.90 Å². The number of aromatic hydroxyl groups is 1. The number of para-hydroxylation sites is 1. The van der Waals surface area contributed by atoms with Crippen molar-refractivity contribution in [1.82, 2.24) is 15.2 Å². The van der Waals surface area contributed by atoms with E-state index in [1.165, 1.54) is 0 Å². The van der Waals surface area contributed by atoms with Gasteiger partial charge in [0.2, 0.25) is 5.91 Å². The Kier molecular flexibility index (Phi) is 4.48. The molecule has 0 bridgehead atoms. The maximum Gasteiger partial charge on any atom is 0.233 e. The van der Waals surface area contributed by atoms with Crippen molar-refractivity contribution in [2.24, 2.45) is 0 Å². The Balaban J connectivity index is 1.70. The maximum atomic E-state index is 11.7. The summed E-state index contributed by atoms with van der Waals surface area (Å²) in [4.78, 5) is 18.4. The monoisotopic (exact) mass is 369 g/mol. The van der Waals surface area contributed by atoms with Gasteiger partial charge in [0.25, 0.3) is 0 Å². The molecule has 0 saturated carbocycles. The van der Waals surface area contributed by atoms with Gasteiger partial charge in [-0.3, -0.25) is 9.69 Å². The number of fused-ring (bicyclic) bond motifs is 2. The summed E-state index contributed by atoms with van der Waals surface area (Å²) in [7, 11) is 1.63. The molecule has 0 unspecified atom stereocenters. The van der Waals surface area contributed by atoms with E-state index in [1.54, 1.807) is 24.5 Å². The van der Waals surface area contributed by atoms with Crippen LogP contribution in [0.1, 0.15) is 5.56 Å². The zero-order valence-corrected chi connectivity index (χ0v) is 15.2. The smallest absolute Gasteiger partial charge is 0.233 e. The first-order chi connectivity index (χ1) is 12.6. The quantitative estimate of drug-likeness (QED) is 0.742. The van der Waals surface area contributed by atoms with Crippen LogP contribution in [0, 0.1) is 0 Å². The van der Waals surface area contributed by atoms with Crippen LogP contribution in [0.5, 0.6) is 11.5 Å². The maximum absolute atomic E-state index is 11.7. The molecule has 2 aromatic carbocycles. The highest BCUT2D eigenvalue weighted by Gasteiger charge is 2.21. The predicted octanol–water partition coefficient (Wildman–Crippen LogP) is 2.61. The third kappa shape index (κ3) is 3.23. The summed E-state index contributed by atoms with van der Waals surface area (Å²) >= 11 is 1.59. The minimum Gasteiger partial charge on any atom is -0.504 e. The van der Waals surface area contributed by atoms with Gasteiger partial charge in [-0.15, -0.1) is 11.3 Å². The van der Waals surface area contributed by atoms with E-state index in [0.29, 0.717) is 32.0 Å². The number of likely N-dealkylation sites (N-methyl/N-ethyl adjacent to an activating group) is 1. The molecule has 7 heteroatoms. The first-order valence-electron chi connectivity index (χ1n) is 8.41. The highest BCUT2D eigenvalue weighted by atomic mass is 32.1. The summed E-state index contributed by atoms with van der Waals surface area (Å²) in [5, 5.41) is 14.0. The van der Waals surface area contributed by atoms with Crippen molar-refractivity contribution in [2.75, 3.05) is 26.7 Å². The number of rotatable bonds is 3. The molecule has 0 fully saturated rings. The van der Waals surface area contributed by atoms with Gasteiger partial charge in [-0.25, -0.2) is 4.98 Å². The lowest BCUT2D eigenvalue weighted by Gasteiger charge is -2.18. The third-order valence-electron chi connectivity index (χ3n) is 4.38. The number of ether oxygens (including phenoxy) is 1. The Bertz CT molecular complexity index is 937. The van der Waals surface area contributed by atoms with E-state index < -0.39 is 0 Å². The number of amides is 1. The van der Waals surface area contributed by atoms with Crippen molar-refractivity contribution in [2.45, 2.75) is 6.54 Å². The summed E-state index contributed by atoms with van der Waals surface area (Å²) in [6.45, 7) is 1.89. The molecule has 0 aliphatic carbocycles. The molecule has 26 heavy (non-hydrogen) atoms. The van der Waals surface area contributed by atoms with Gasteiger partial charge in [-0.2, -0.15) is 0 Å². The van der Waals surface area contributed by atoms with E-state index in [-0.39, 0.29) is 11.7 Å². The molecule has 1 aliphatic heterocycles. The van der Waals surface area contributed by atoms with Crippen LogP contribution in [0.25, 0.3) is 20.8 Å². The molecule has 134 valence electrons. The van der Waals surface area contributed by atoms with Crippen LogP contribution in [-0.2, 0) is 11.3 Å². The fourth-order valence-electron chi connectivity index (χ4n) is 3.09. The molecule has 1 aromatic heterocycles. The van der Waals surface area contributed by atoms with Crippen LogP contribution in [0.15, 0.2) is 36.4 Å². The van der Waals surface area contributed by atoms with Gasteiger partial charge in [0.1, 0.15) is 11.6 Å². The van der Waals surface area contributed by atoms with Crippen molar-refractivity contribution < 1.29 is 14.6 Å². The molecular formula is C19H19N3O3S. The SMILES string of the molecule is CNC(=O)CN1CCOc2c(O)cc(-c3nc4ccccc4s3)cc2C1. The highest BCUT2D eigenvalue weighted by molar-refractivity contribution is 7.21. The Labute approximate surface area is 155 Å². The summed E-state index contributed by atoms with van der Waals surface area (Å²) in [6.07, 6.45) is 0. The molecule has 1 amide bonds. The molecule has 0 saturated heterocycles. The lowest BCUT2D eigenvalue weighted by atomic mass is 10.1. The average molecular weight is 369 g/mol. The lowest BCUT2D eigenvalue weighted by molar-refractivity contribution is -0.121. The Morgan fingerprint density at radius 3 is 3.04 bits per heavy atom. The molecule has 2 heterocycles. The Morgan fingerprint density at radius 1 is 1.38 bits per heavy atom. The molecule has 0 spiro atoms. The second-order valence-corrected chi connectivity index (χ2v) is 7.23. The molecule has 1 aliphatic rings. The van der Waals surface area contributed by atoms with Gasteiger partial charge in [0.05, 0.1) is 16.8 Å². The molecule has 2 N–H and O–H groups in total. The lowest BCUT2D eigenvalue weighted by Crippen LogP contribution is -2.36. The largest absolute Gasteiger partial charge is 0.504 e. The van der Waals surface area contributed by atoms with Crippen molar-refractivity contribution in [3.63, 3.8) is 0 Å². The van der Waals surface area contributed by atoms with Crippen molar-refractivity contribution >= 4 is 27.5 Å². The standard InChI is InChI=1S/C19H19N3O3S/c1-20-17(24)11-22-6-7-25-18-13(10-22)8-12(9-15(18)23)19-21-14-4-2-3-5-16(14)26-19/h2-5,8-9,23H,6-7,10-11H2,1H3,(H,20,24). The minimum absolute atomic E-state index is 0.0417. The second kappa shape index (κ2) is 6.93. The van der Waals surface area contributed by atoms with Crippen LogP contribution in [0.2, 0.25) is 0 Å². The van der Waals surface area contributed by atoms with Crippen LogP contribution in [-0.4, -0.2) is 47.6 Å². The number of carbonyl (C=O) groups is 1. The van der Waals surface area contributed by atoms with E-state index in [4.69, 9.17) is 4.74 Å². The number of hydrogen-bond donors (Lipinski definition) is 2. The number of benzene rings is 2. The normalized spacial score (nSPS) is 14.5. The van der Waals surface area contributed by atoms with Crippen molar-refractivity contribution in [1.29, 1.82) is 0 Å². The number of carbonyl (C=O) groups excluding carboxylic acids is 1. The second-order valence-electron chi connectivity index (χ2n) is 6.20. The molecular weight excluding hydrogens is 350 g/mol. The number of thiazole rings is 1. The first kappa shape index (κ1) is 16.8. The fourth-order valence-corrected chi connectivity index (χ4v) is 4.04. The number of nitrogens with zero attached hydrogens (tertiary/aromatic N) is 2. The summed E-state index contributed by atoms with van der Waals surface area (Å²) < 4.78 is 6.84. The van der Waals surface area contributed by atoms with Crippen LogP contribution >= 0.6 is 11.3 Å². The zero-order chi connectivity index (χ0) is 18.1. The number of phenolic OH excluding ortho intramolecular Hbond substituents is 1. The van der Waals surface area contributed by atoms with Crippen molar-refractivity contribution in [3.8, 4) is 22.1 Å². The molecule has 4 rings (SSSR count). The van der Waals surface area contributed by atoms with Gasteiger partial charge in [0.15, 0.2) is 11.5 Å². The van der Waals surface area contributed by atoms with Crippen LogP contribution in [0.4, 0.5) is 0 Å².